The Morgan fingerprint density at radius 1 is 0.333 bits per heavy atom. The SMILES string of the molecule is NNC(=O)NN.NNC(=O)NN.NNC(=O)NN.NNC(=O)NN. The van der Waals surface area contributed by atoms with Gasteiger partial charge in [-0.25, -0.2) is 65.9 Å². The first-order valence-electron chi connectivity index (χ1n) is 5.13. The lowest BCUT2D eigenvalue weighted by atomic mass is 11.1. The molecule has 0 aliphatic rings. The minimum atomic E-state index is -0.602. The van der Waals surface area contributed by atoms with Crippen LogP contribution in [-0.4, -0.2) is 24.1 Å². The zero-order valence-electron chi connectivity index (χ0n) is 12.3. The van der Waals surface area contributed by atoms with E-state index in [1.54, 1.807) is 43.4 Å². The summed E-state index contributed by atoms with van der Waals surface area (Å²) in [6.07, 6.45) is 0. The van der Waals surface area contributed by atoms with Crippen LogP contribution in [0.5, 0.6) is 0 Å². The molecule has 0 aliphatic heterocycles. The van der Waals surface area contributed by atoms with Crippen LogP contribution in [0.2, 0.25) is 0 Å². The van der Waals surface area contributed by atoms with Gasteiger partial charge in [0.1, 0.15) is 0 Å². The number of amides is 8. The number of hydrogen-bond acceptors (Lipinski definition) is 12. The van der Waals surface area contributed by atoms with Gasteiger partial charge in [-0.1, -0.05) is 0 Å². The lowest BCUT2D eigenvalue weighted by Gasteiger charge is -1.90. The molecule has 0 unspecified atom stereocenters. The average Bonchev–Trinajstić information content (AvgIpc) is 2.66. The third-order valence-corrected chi connectivity index (χ3v) is 1.05. The number of urea groups is 4. The molecule has 0 fully saturated rings. The molecule has 144 valence electrons. The van der Waals surface area contributed by atoms with Crippen molar-refractivity contribution in [3.8, 4) is 0 Å². The molecule has 20 nitrogen and oxygen atoms in total. The molecule has 24 N–H and O–H groups in total. The van der Waals surface area contributed by atoms with E-state index in [2.05, 4.69) is 46.7 Å². The maximum atomic E-state index is 9.71. The van der Waals surface area contributed by atoms with Crippen molar-refractivity contribution < 1.29 is 19.2 Å². The monoisotopic (exact) mass is 360 g/mol. The highest BCUT2D eigenvalue weighted by Crippen LogP contribution is 1.44. The van der Waals surface area contributed by atoms with Crippen molar-refractivity contribution in [2.45, 2.75) is 0 Å². The number of nitrogens with two attached hydrogens (primary N) is 8. The van der Waals surface area contributed by atoms with Crippen LogP contribution in [0.3, 0.4) is 0 Å². The molecule has 0 atom stereocenters. The molecule has 0 rings (SSSR count). The second kappa shape index (κ2) is 24.8. The van der Waals surface area contributed by atoms with Gasteiger partial charge in [0, 0.05) is 0 Å². The Morgan fingerprint density at radius 2 is 0.417 bits per heavy atom. The van der Waals surface area contributed by atoms with E-state index in [0.717, 1.165) is 0 Å². The lowest BCUT2D eigenvalue weighted by Crippen LogP contribution is -2.43. The van der Waals surface area contributed by atoms with E-state index in [9.17, 15) is 19.2 Å². The van der Waals surface area contributed by atoms with Gasteiger partial charge in [-0.3, -0.25) is 43.4 Å². The largest absolute Gasteiger partial charge is 0.343 e. The molecular formula is C4H24N16O4. The van der Waals surface area contributed by atoms with Crippen LogP contribution < -0.4 is 90.1 Å². The molecule has 0 spiro atoms. The van der Waals surface area contributed by atoms with Crippen LogP contribution in [0, 0.1) is 0 Å². The Hall–Kier alpha value is -3.24. The van der Waals surface area contributed by atoms with Gasteiger partial charge in [0.25, 0.3) is 0 Å². The topological polar surface area (TPSA) is 373 Å². The van der Waals surface area contributed by atoms with E-state index < -0.39 is 24.1 Å². The molecule has 0 bridgehead atoms. The summed E-state index contributed by atoms with van der Waals surface area (Å²) in [7, 11) is 0. The Kier molecular flexibility index (Phi) is 29.8. The minimum Gasteiger partial charge on any atom is -0.275 e. The summed E-state index contributed by atoms with van der Waals surface area (Å²) in [6, 6.07) is -2.41. The first-order valence-corrected chi connectivity index (χ1v) is 5.13. The molecule has 0 aromatic carbocycles. The molecule has 0 saturated heterocycles. The van der Waals surface area contributed by atoms with Crippen molar-refractivity contribution in [1.29, 1.82) is 0 Å². The Balaban J connectivity index is -0.000000111. The highest BCUT2D eigenvalue weighted by Gasteiger charge is 1.84. The van der Waals surface area contributed by atoms with Gasteiger partial charge >= 0.3 is 24.1 Å². The minimum absolute atomic E-state index is 0.602. The van der Waals surface area contributed by atoms with Gasteiger partial charge in [0.2, 0.25) is 0 Å². The van der Waals surface area contributed by atoms with Crippen LogP contribution in [0.1, 0.15) is 0 Å². The Morgan fingerprint density at radius 3 is 0.417 bits per heavy atom. The maximum Gasteiger partial charge on any atom is 0.343 e. The summed E-state index contributed by atoms with van der Waals surface area (Å²) in [5.41, 5.74) is 13.9. The van der Waals surface area contributed by atoms with Gasteiger partial charge in [-0.15, -0.1) is 0 Å². The van der Waals surface area contributed by atoms with Crippen molar-refractivity contribution in [3.05, 3.63) is 0 Å². The highest BCUT2D eigenvalue weighted by molar-refractivity contribution is 5.73. The maximum absolute atomic E-state index is 9.71. The van der Waals surface area contributed by atoms with Gasteiger partial charge in [-0.2, -0.15) is 0 Å². The van der Waals surface area contributed by atoms with Crippen LogP contribution in [0.25, 0.3) is 0 Å². The van der Waals surface area contributed by atoms with Crippen LogP contribution in [-0.2, 0) is 0 Å². The second-order valence-electron chi connectivity index (χ2n) is 2.47. The third kappa shape index (κ3) is 36.3. The molecule has 24 heavy (non-hydrogen) atoms. The predicted octanol–water partition coefficient (Wildman–Crippen LogP) is -7.87. The van der Waals surface area contributed by atoms with Crippen molar-refractivity contribution in [2.24, 2.45) is 46.7 Å². The summed E-state index contributed by atoms with van der Waals surface area (Å²) in [4.78, 5) is 38.8. The van der Waals surface area contributed by atoms with E-state index in [1.807, 2.05) is 0 Å². The van der Waals surface area contributed by atoms with Gasteiger partial charge in [0.05, 0.1) is 0 Å². The zero-order chi connectivity index (χ0) is 20.0. The van der Waals surface area contributed by atoms with Gasteiger partial charge < -0.3 is 0 Å². The van der Waals surface area contributed by atoms with Gasteiger partial charge in [-0.05, 0) is 0 Å². The van der Waals surface area contributed by atoms with Crippen molar-refractivity contribution >= 4 is 24.1 Å². The first-order chi connectivity index (χ1) is 11.2. The Bertz CT molecular complexity index is 246. The number of hydrogen-bond donors (Lipinski definition) is 16. The quantitative estimate of drug-likeness (QED) is 0.109. The molecule has 0 radical (unpaired) electrons. The van der Waals surface area contributed by atoms with Crippen LogP contribution >= 0.6 is 0 Å². The van der Waals surface area contributed by atoms with E-state index in [0.29, 0.717) is 0 Å². The molecule has 0 aromatic rings. The van der Waals surface area contributed by atoms with Crippen molar-refractivity contribution in [1.82, 2.24) is 43.4 Å². The number of nitrogens with one attached hydrogen (secondary N) is 8. The highest BCUT2D eigenvalue weighted by atomic mass is 16.2. The molecule has 8 amide bonds. The van der Waals surface area contributed by atoms with E-state index in [1.165, 1.54) is 0 Å². The predicted molar refractivity (Wildman–Crippen MR) is 80.2 cm³/mol. The lowest BCUT2D eigenvalue weighted by molar-refractivity contribution is 0.240. The number of carbonyl (C=O) groups excluding carboxylic acids is 4. The smallest absolute Gasteiger partial charge is 0.275 e. The fourth-order valence-electron chi connectivity index (χ4n) is 0.167. The molecular weight excluding hydrogens is 336 g/mol. The summed E-state index contributed by atoms with van der Waals surface area (Å²) < 4.78 is 0. The first kappa shape index (κ1) is 28.9. The Labute approximate surface area is 134 Å². The summed E-state index contributed by atoms with van der Waals surface area (Å²) in [5.74, 6) is 36.3. The normalized spacial score (nSPS) is 7.00. The van der Waals surface area contributed by atoms with E-state index >= 15 is 0 Å². The fraction of sp³-hybridized carbons (Fsp3) is 0. The fourth-order valence-corrected chi connectivity index (χ4v) is 0.167. The van der Waals surface area contributed by atoms with E-state index in [4.69, 9.17) is 0 Å². The number of rotatable bonds is 0. The summed E-state index contributed by atoms with van der Waals surface area (Å²) in [6.45, 7) is 0. The average molecular weight is 360 g/mol. The molecule has 0 aromatic heterocycles. The number of hydrazine groups is 8. The van der Waals surface area contributed by atoms with Crippen molar-refractivity contribution in [3.63, 3.8) is 0 Å². The zero-order valence-corrected chi connectivity index (χ0v) is 12.3. The standard InChI is InChI=1S/4CH6N4O/c4*2-4-1(6)5-3/h4*2-3H2,(H2,4,5,6). The van der Waals surface area contributed by atoms with E-state index in [-0.39, 0.29) is 0 Å². The molecule has 20 heteroatoms. The molecule has 0 aliphatic carbocycles. The third-order valence-electron chi connectivity index (χ3n) is 1.05. The van der Waals surface area contributed by atoms with Gasteiger partial charge in [0.15, 0.2) is 0 Å². The molecule has 0 heterocycles. The van der Waals surface area contributed by atoms with Crippen LogP contribution in [0.15, 0.2) is 0 Å². The molecule has 0 saturated carbocycles. The van der Waals surface area contributed by atoms with Crippen LogP contribution in [0.4, 0.5) is 19.2 Å². The summed E-state index contributed by atoms with van der Waals surface area (Å²) >= 11 is 0. The second-order valence-corrected chi connectivity index (χ2v) is 2.47. The summed E-state index contributed by atoms with van der Waals surface area (Å²) in [5, 5.41) is 0. The van der Waals surface area contributed by atoms with Crippen molar-refractivity contribution in [2.75, 3.05) is 0 Å². The number of carbonyl (C=O) groups is 4.